The van der Waals surface area contributed by atoms with Gasteiger partial charge in [0.25, 0.3) is 5.91 Å². The minimum atomic E-state index is -0.190. The fourth-order valence-corrected chi connectivity index (χ4v) is 2.46. The second-order valence-corrected chi connectivity index (χ2v) is 4.89. The Morgan fingerprint density at radius 2 is 1.95 bits per heavy atom. The molecule has 0 radical (unpaired) electrons. The molecule has 0 atom stereocenters. The molecule has 1 aliphatic rings. The van der Waals surface area contributed by atoms with Crippen molar-refractivity contribution in [3.63, 3.8) is 0 Å². The zero-order valence-electron chi connectivity index (χ0n) is 11.8. The molecule has 2 aromatic rings. The third-order valence-electron chi connectivity index (χ3n) is 3.58. The van der Waals surface area contributed by atoms with Gasteiger partial charge in [0.2, 0.25) is 0 Å². The number of aryl methyl sites for hydroxylation is 1. The molecule has 0 saturated carbocycles. The van der Waals surface area contributed by atoms with E-state index in [9.17, 15) is 4.79 Å². The van der Waals surface area contributed by atoms with Gasteiger partial charge in [-0.3, -0.25) is 4.79 Å². The summed E-state index contributed by atoms with van der Waals surface area (Å²) in [6.45, 7) is 0. The number of ether oxygens (including phenoxy) is 1. The maximum absolute atomic E-state index is 12.0. The Balaban J connectivity index is 1.76. The summed E-state index contributed by atoms with van der Waals surface area (Å²) in [7, 11) is 1.66. The molecular weight excluding hydrogens is 264 g/mol. The molecule has 0 fully saturated rings. The van der Waals surface area contributed by atoms with Crippen molar-refractivity contribution < 1.29 is 9.53 Å². The van der Waals surface area contributed by atoms with Crippen molar-refractivity contribution >= 4 is 11.6 Å². The summed E-state index contributed by atoms with van der Waals surface area (Å²) in [5.41, 5.74) is 6.45. The highest BCUT2D eigenvalue weighted by Crippen LogP contribution is 2.26. The molecule has 4 nitrogen and oxygen atoms in total. The molecule has 1 amide bonds. The number of carbonyl (C=O) groups is 1. The Hall–Kier alpha value is -2.62. The van der Waals surface area contributed by atoms with Crippen LogP contribution in [0.5, 0.6) is 5.75 Å². The van der Waals surface area contributed by atoms with Crippen LogP contribution in [-0.4, -0.2) is 18.7 Å². The van der Waals surface area contributed by atoms with Crippen molar-refractivity contribution in [2.24, 2.45) is 5.10 Å². The monoisotopic (exact) mass is 280 g/mol. The molecule has 1 aliphatic carbocycles. The summed E-state index contributed by atoms with van der Waals surface area (Å²) < 4.78 is 5.22. The molecule has 2 aromatic carbocycles. The molecule has 0 spiro atoms. The minimum absolute atomic E-state index is 0.190. The van der Waals surface area contributed by atoms with Crippen molar-refractivity contribution in [3.8, 4) is 5.75 Å². The van der Waals surface area contributed by atoms with Crippen LogP contribution < -0.4 is 10.2 Å². The van der Waals surface area contributed by atoms with E-state index in [1.54, 1.807) is 19.2 Å². The quantitative estimate of drug-likeness (QED) is 0.879. The number of hydrogen-bond donors (Lipinski definition) is 1. The number of rotatable bonds is 3. The van der Waals surface area contributed by atoms with E-state index in [1.165, 1.54) is 5.56 Å². The van der Waals surface area contributed by atoms with E-state index in [0.29, 0.717) is 5.56 Å². The molecule has 4 heteroatoms. The fourth-order valence-electron chi connectivity index (χ4n) is 2.46. The number of fused-ring (bicyclic) bond motifs is 1. The highest BCUT2D eigenvalue weighted by Gasteiger charge is 2.18. The first kappa shape index (κ1) is 13.4. The first-order valence-corrected chi connectivity index (χ1v) is 6.87. The molecule has 0 aromatic heterocycles. The van der Waals surface area contributed by atoms with Crippen LogP contribution in [0.3, 0.4) is 0 Å². The average Bonchev–Trinajstić information content (AvgIpc) is 2.95. The van der Waals surface area contributed by atoms with E-state index in [0.717, 1.165) is 29.9 Å². The Morgan fingerprint density at radius 1 is 1.14 bits per heavy atom. The fraction of sp³-hybridized carbons (Fsp3) is 0.176. The first-order chi connectivity index (χ1) is 10.3. The number of amides is 1. The topological polar surface area (TPSA) is 50.7 Å². The van der Waals surface area contributed by atoms with Gasteiger partial charge in [0, 0.05) is 11.1 Å². The van der Waals surface area contributed by atoms with E-state index >= 15 is 0 Å². The number of nitrogens with zero attached hydrogens (tertiary/aromatic N) is 1. The molecule has 21 heavy (non-hydrogen) atoms. The summed E-state index contributed by atoms with van der Waals surface area (Å²) in [6.07, 6.45) is 1.75. The number of carbonyl (C=O) groups excluding carboxylic acids is 1. The first-order valence-electron chi connectivity index (χ1n) is 6.87. The molecular formula is C17H16N2O2. The highest BCUT2D eigenvalue weighted by molar-refractivity contribution is 6.05. The lowest BCUT2D eigenvalue weighted by Gasteiger charge is -2.04. The van der Waals surface area contributed by atoms with Gasteiger partial charge in [-0.25, -0.2) is 5.43 Å². The van der Waals surface area contributed by atoms with Crippen LogP contribution in [0, 0.1) is 0 Å². The van der Waals surface area contributed by atoms with Crippen LogP contribution in [0.4, 0.5) is 0 Å². The molecule has 1 N–H and O–H groups in total. The predicted octanol–water partition coefficient (Wildman–Crippen LogP) is 2.78. The normalized spacial score (nSPS) is 14.8. The van der Waals surface area contributed by atoms with Crippen LogP contribution in [-0.2, 0) is 6.42 Å². The zero-order chi connectivity index (χ0) is 14.7. The number of hydrazone groups is 1. The molecule has 0 aliphatic heterocycles. The zero-order valence-corrected chi connectivity index (χ0v) is 11.8. The van der Waals surface area contributed by atoms with Gasteiger partial charge < -0.3 is 4.74 Å². The van der Waals surface area contributed by atoms with Crippen LogP contribution in [0.1, 0.15) is 27.9 Å². The minimum Gasteiger partial charge on any atom is -0.497 e. The largest absolute Gasteiger partial charge is 0.497 e. The third-order valence-corrected chi connectivity index (χ3v) is 3.58. The average molecular weight is 280 g/mol. The smallest absolute Gasteiger partial charge is 0.271 e. The van der Waals surface area contributed by atoms with Gasteiger partial charge in [-0.2, -0.15) is 5.10 Å². The SMILES string of the molecule is COc1ccc2c(c1)CC/C2=N/NC(=O)c1ccccc1. The third kappa shape index (κ3) is 2.79. The lowest BCUT2D eigenvalue weighted by atomic mass is 10.1. The van der Waals surface area contributed by atoms with Crippen molar-refractivity contribution in [2.45, 2.75) is 12.8 Å². The van der Waals surface area contributed by atoms with Crippen molar-refractivity contribution in [2.75, 3.05) is 7.11 Å². The molecule has 0 heterocycles. The van der Waals surface area contributed by atoms with E-state index < -0.39 is 0 Å². The van der Waals surface area contributed by atoms with E-state index in [2.05, 4.69) is 10.5 Å². The lowest BCUT2D eigenvalue weighted by Crippen LogP contribution is -2.19. The summed E-state index contributed by atoms with van der Waals surface area (Å²) in [4.78, 5) is 12.0. The van der Waals surface area contributed by atoms with Gasteiger partial charge in [-0.05, 0) is 48.7 Å². The Labute approximate surface area is 123 Å². The standard InChI is InChI=1S/C17H16N2O2/c1-21-14-8-9-15-13(11-14)7-10-16(15)18-19-17(20)12-5-3-2-4-6-12/h2-6,8-9,11H,7,10H2,1H3,(H,19,20)/b18-16-. The Kier molecular flexibility index (Phi) is 3.69. The van der Waals surface area contributed by atoms with Crippen molar-refractivity contribution in [3.05, 3.63) is 65.2 Å². The van der Waals surface area contributed by atoms with Gasteiger partial charge in [0.1, 0.15) is 5.75 Å². The highest BCUT2D eigenvalue weighted by atomic mass is 16.5. The molecule has 3 rings (SSSR count). The van der Waals surface area contributed by atoms with Crippen LogP contribution in [0.25, 0.3) is 0 Å². The van der Waals surface area contributed by atoms with Gasteiger partial charge in [0.15, 0.2) is 0 Å². The van der Waals surface area contributed by atoms with Crippen LogP contribution in [0.2, 0.25) is 0 Å². The second-order valence-electron chi connectivity index (χ2n) is 4.89. The van der Waals surface area contributed by atoms with Crippen LogP contribution in [0.15, 0.2) is 53.6 Å². The van der Waals surface area contributed by atoms with E-state index in [4.69, 9.17) is 4.74 Å². The van der Waals surface area contributed by atoms with E-state index in [1.807, 2.05) is 36.4 Å². The number of hydrogen-bond acceptors (Lipinski definition) is 3. The van der Waals surface area contributed by atoms with Crippen molar-refractivity contribution in [1.29, 1.82) is 0 Å². The summed E-state index contributed by atoms with van der Waals surface area (Å²) in [5.74, 6) is 0.661. The predicted molar refractivity (Wildman–Crippen MR) is 81.8 cm³/mol. The molecule has 0 bridgehead atoms. The Bertz CT molecular complexity index is 693. The van der Waals surface area contributed by atoms with Gasteiger partial charge in [-0.1, -0.05) is 18.2 Å². The molecule has 0 unspecified atom stereocenters. The van der Waals surface area contributed by atoms with E-state index in [-0.39, 0.29) is 5.91 Å². The number of benzene rings is 2. The Morgan fingerprint density at radius 3 is 2.71 bits per heavy atom. The maximum atomic E-state index is 12.0. The molecule has 106 valence electrons. The van der Waals surface area contributed by atoms with Crippen LogP contribution >= 0.6 is 0 Å². The van der Waals surface area contributed by atoms with Gasteiger partial charge in [-0.15, -0.1) is 0 Å². The van der Waals surface area contributed by atoms with Gasteiger partial charge >= 0.3 is 0 Å². The second kappa shape index (κ2) is 5.79. The lowest BCUT2D eigenvalue weighted by molar-refractivity contribution is 0.0955. The van der Waals surface area contributed by atoms with Crippen molar-refractivity contribution in [1.82, 2.24) is 5.43 Å². The summed E-state index contributed by atoms with van der Waals surface area (Å²) >= 11 is 0. The summed E-state index contributed by atoms with van der Waals surface area (Å²) in [5, 5.41) is 4.27. The van der Waals surface area contributed by atoms with Gasteiger partial charge in [0.05, 0.1) is 12.8 Å². The molecule has 0 saturated heterocycles. The number of methoxy groups -OCH3 is 1. The number of nitrogens with one attached hydrogen (secondary N) is 1. The summed E-state index contributed by atoms with van der Waals surface area (Å²) in [6, 6.07) is 15.0. The maximum Gasteiger partial charge on any atom is 0.271 e.